The van der Waals surface area contributed by atoms with Crippen LogP contribution in [0.1, 0.15) is 43.3 Å². The maximum absolute atomic E-state index is 13.2. The molecule has 6 rings (SSSR count). The first kappa shape index (κ1) is 18.2. The first-order valence-electron chi connectivity index (χ1n) is 10.3. The van der Waals surface area contributed by atoms with Crippen LogP contribution in [0, 0.1) is 0 Å². The van der Waals surface area contributed by atoms with Crippen LogP contribution in [0.25, 0.3) is 0 Å². The molecule has 0 aromatic heterocycles. The predicted octanol–water partition coefficient (Wildman–Crippen LogP) is 3.86. The highest BCUT2D eigenvalue weighted by Gasteiger charge is 2.48. The van der Waals surface area contributed by atoms with Crippen LogP contribution in [0.15, 0.2) is 72.8 Å². The second kappa shape index (κ2) is 6.96. The molecule has 6 heteroatoms. The molecule has 0 saturated heterocycles. The fourth-order valence-electron chi connectivity index (χ4n) is 4.82. The lowest BCUT2D eigenvalue weighted by molar-refractivity contribution is -0.299. The van der Waals surface area contributed by atoms with Crippen molar-refractivity contribution in [3.63, 3.8) is 0 Å². The maximum Gasteiger partial charge on any atom is 0.338 e. The van der Waals surface area contributed by atoms with Gasteiger partial charge in [0.2, 0.25) is 0 Å². The monoisotopic (exact) mass is 413 g/mol. The lowest BCUT2D eigenvalue weighted by Gasteiger charge is -2.41. The lowest BCUT2D eigenvalue weighted by Crippen LogP contribution is -2.50. The van der Waals surface area contributed by atoms with Gasteiger partial charge in [0.1, 0.15) is 6.10 Å². The van der Waals surface area contributed by atoms with Crippen molar-refractivity contribution >= 4 is 11.9 Å². The molecule has 0 saturated carbocycles. The minimum absolute atomic E-state index is 0.115. The fourth-order valence-corrected chi connectivity index (χ4v) is 4.82. The van der Waals surface area contributed by atoms with Gasteiger partial charge in [-0.2, -0.15) is 4.89 Å². The van der Waals surface area contributed by atoms with E-state index in [2.05, 4.69) is 0 Å². The number of benzene rings is 3. The van der Waals surface area contributed by atoms with E-state index < -0.39 is 12.3 Å². The average molecular weight is 413 g/mol. The molecule has 3 aliphatic rings. The number of carbonyl (C=O) groups is 2. The van der Waals surface area contributed by atoms with E-state index in [9.17, 15) is 9.59 Å². The Morgan fingerprint density at radius 2 is 1.52 bits per heavy atom. The van der Waals surface area contributed by atoms with Gasteiger partial charge in [-0.3, -0.25) is 4.79 Å². The van der Waals surface area contributed by atoms with Crippen LogP contribution in [0.5, 0.6) is 5.75 Å². The van der Waals surface area contributed by atoms with Crippen molar-refractivity contribution in [1.29, 1.82) is 0 Å². The quantitative estimate of drug-likeness (QED) is 0.472. The summed E-state index contributed by atoms with van der Waals surface area (Å²) in [6.07, 6.45) is -0.678. The predicted molar refractivity (Wildman–Crippen MR) is 110 cm³/mol. The van der Waals surface area contributed by atoms with Crippen molar-refractivity contribution in [2.24, 2.45) is 0 Å². The number of carbonyl (C=O) groups excluding carboxylic acids is 2. The van der Waals surface area contributed by atoms with Crippen molar-refractivity contribution in [2.75, 3.05) is 0 Å². The van der Waals surface area contributed by atoms with E-state index in [1.165, 1.54) is 0 Å². The molecule has 3 unspecified atom stereocenters. The van der Waals surface area contributed by atoms with E-state index >= 15 is 0 Å². The van der Waals surface area contributed by atoms with Gasteiger partial charge in [0.25, 0.3) is 5.91 Å². The van der Waals surface area contributed by atoms with E-state index in [1.807, 2.05) is 66.7 Å². The molecule has 3 heterocycles. The summed E-state index contributed by atoms with van der Waals surface area (Å²) in [6, 6.07) is 22.5. The largest absolute Gasteiger partial charge is 0.458 e. The summed E-state index contributed by atoms with van der Waals surface area (Å²) in [4.78, 5) is 39.0. The van der Waals surface area contributed by atoms with Crippen LogP contribution in [-0.2, 0) is 22.6 Å². The SMILES string of the molecule is O=C1OC(C2c3ccccc3OOC2N2Cc3ccccc3C2=O)Cc2ccccc21. The third kappa shape index (κ3) is 2.83. The molecular formula is C25H19NO5. The first-order chi connectivity index (χ1) is 15.2. The van der Waals surface area contributed by atoms with E-state index in [0.717, 1.165) is 16.7 Å². The standard InChI is InChI=1S/C25H19NO5/c27-23-17-9-3-2-8-16(17)14-26(23)24-22(19-11-5-6-12-20(19)30-31-24)21-13-15-7-1-4-10-18(15)25(28)29-21/h1-12,21-22,24H,13-14H2. The zero-order valence-electron chi connectivity index (χ0n) is 16.6. The second-order valence-corrected chi connectivity index (χ2v) is 8.03. The minimum Gasteiger partial charge on any atom is -0.458 e. The smallest absolute Gasteiger partial charge is 0.338 e. The molecule has 0 fully saturated rings. The van der Waals surface area contributed by atoms with Crippen LogP contribution in [-0.4, -0.2) is 29.1 Å². The highest BCUT2D eigenvalue weighted by Crippen LogP contribution is 2.43. The van der Waals surface area contributed by atoms with E-state index in [1.54, 1.807) is 11.0 Å². The summed E-state index contributed by atoms with van der Waals surface area (Å²) in [5.74, 6) is -0.287. The van der Waals surface area contributed by atoms with Gasteiger partial charge in [-0.25, -0.2) is 4.79 Å². The summed E-state index contributed by atoms with van der Waals surface area (Å²) >= 11 is 0. The Morgan fingerprint density at radius 1 is 0.806 bits per heavy atom. The van der Waals surface area contributed by atoms with Gasteiger partial charge in [-0.05, 0) is 29.3 Å². The summed E-state index contributed by atoms with van der Waals surface area (Å²) in [5, 5.41) is 0. The molecular weight excluding hydrogens is 394 g/mol. The number of esters is 1. The van der Waals surface area contributed by atoms with Crippen molar-refractivity contribution in [3.8, 4) is 5.75 Å². The van der Waals surface area contributed by atoms with Gasteiger partial charge >= 0.3 is 5.97 Å². The van der Waals surface area contributed by atoms with Crippen LogP contribution in [0.3, 0.4) is 0 Å². The Bertz CT molecular complexity index is 1210. The molecule has 3 atom stereocenters. The number of cyclic esters (lactones) is 1. The Kier molecular flexibility index (Phi) is 4.07. The number of hydrogen-bond acceptors (Lipinski definition) is 5. The minimum atomic E-state index is -0.724. The van der Waals surface area contributed by atoms with Gasteiger partial charge in [-0.1, -0.05) is 54.6 Å². The lowest BCUT2D eigenvalue weighted by atomic mass is 9.84. The maximum atomic E-state index is 13.2. The zero-order valence-corrected chi connectivity index (χ0v) is 16.6. The number of amides is 1. The molecule has 31 heavy (non-hydrogen) atoms. The molecule has 3 aliphatic heterocycles. The Hall–Kier alpha value is -3.64. The summed E-state index contributed by atoms with van der Waals surface area (Å²) in [6.45, 7) is 0.416. The van der Waals surface area contributed by atoms with Crippen molar-refractivity contribution in [3.05, 3.63) is 101 Å². The molecule has 0 N–H and O–H groups in total. The number of hydrogen-bond donors (Lipinski definition) is 0. The normalized spacial score (nSPS) is 24.0. The Labute approximate surface area is 178 Å². The average Bonchev–Trinajstić information content (AvgIpc) is 3.15. The van der Waals surface area contributed by atoms with Crippen molar-refractivity contribution in [2.45, 2.75) is 31.2 Å². The molecule has 6 nitrogen and oxygen atoms in total. The third-order valence-electron chi connectivity index (χ3n) is 6.30. The fraction of sp³-hybridized carbons (Fsp3) is 0.200. The first-order valence-corrected chi connectivity index (χ1v) is 10.3. The van der Waals surface area contributed by atoms with Gasteiger partial charge in [0.15, 0.2) is 12.0 Å². The molecule has 1 amide bonds. The molecule has 3 aromatic rings. The summed E-state index contributed by atoms with van der Waals surface area (Å²) in [5.41, 5.74) is 3.98. The molecule has 0 aliphatic carbocycles. The molecule has 154 valence electrons. The van der Waals surface area contributed by atoms with Crippen LogP contribution in [0.4, 0.5) is 0 Å². The van der Waals surface area contributed by atoms with Gasteiger partial charge < -0.3 is 14.5 Å². The van der Waals surface area contributed by atoms with Crippen molar-refractivity contribution < 1.29 is 24.1 Å². The van der Waals surface area contributed by atoms with Crippen LogP contribution >= 0.6 is 0 Å². The summed E-state index contributed by atoms with van der Waals surface area (Å²) < 4.78 is 5.90. The van der Waals surface area contributed by atoms with Crippen molar-refractivity contribution in [1.82, 2.24) is 4.90 Å². The number of nitrogens with zero attached hydrogens (tertiary/aromatic N) is 1. The number of ether oxygens (including phenoxy) is 1. The Balaban J connectivity index is 1.41. The molecule has 0 bridgehead atoms. The van der Waals surface area contributed by atoms with Crippen LogP contribution in [0.2, 0.25) is 0 Å². The van der Waals surface area contributed by atoms with Gasteiger partial charge in [0.05, 0.1) is 11.5 Å². The zero-order chi connectivity index (χ0) is 20.9. The highest BCUT2D eigenvalue weighted by atomic mass is 17.2. The number of rotatable bonds is 2. The van der Waals surface area contributed by atoms with E-state index in [-0.39, 0.29) is 17.8 Å². The number of fused-ring (bicyclic) bond motifs is 3. The van der Waals surface area contributed by atoms with Gasteiger partial charge in [-0.15, -0.1) is 0 Å². The Morgan fingerprint density at radius 3 is 2.35 bits per heavy atom. The number of para-hydroxylation sites is 1. The van der Waals surface area contributed by atoms with Gasteiger partial charge in [0, 0.05) is 24.1 Å². The topological polar surface area (TPSA) is 65.1 Å². The van der Waals surface area contributed by atoms with E-state index in [4.69, 9.17) is 14.5 Å². The molecule has 0 spiro atoms. The van der Waals surface area contributed by atoms with Crippen LogP contribution < -0.4 is 4.89 Å². The second-order valence-electron chi connectivity index (χ2n) is 8.03. The highest BCUT2D eigenvalue weighted by molar-refractivity contribution is 5.98. The summed E-state index contributed by atoms with van der Waals surface area (Å²) in [7, 11) is 0. The molecule has 3 aromatic carbocycles. The third-order valence-corrected chi connectivity index (χ3v) is 6.30. The van der Waals surface area contributed by atoms with E-state index in [0.29, 0.717) is 29.8 Å². The molecule has 0 radical (unpaired) electrons.